The molecular formula is C16H22F2N6O2S. The van der Waals surface area contributed by atoms with E-state index in [9.17, 15) is 8.78 Å². The summed E-state index contributed by atoms with van der Waals surface area (Å²) in [7, 11) is 0. The zero-order chi connectivity index (χ0) is 18.6. The third-order valence-corrected chi connectivity index (χ3v) is 5.65. The Bertz CT molecular complexity index is 743. The van der Waals surface area contributed by atoms with Gasteiger partial charge in [0.1, 0.15) is 5.82 Å². The summed E-state index contributed by atoms with van der Waals surface area (Å²) in [4.78, 5) is 6.18. The van der Waals surface area contributed by atoms with E-state index >= 15 is 0 Å². The zero-order valence-corrected chi connectivity index (χ0v) is 15.7. The number of morpholine rings is 1. The summed E-state index contributed by atoms with van der Waals surface area (Å²) in [5, 5.41) is 9.38. The van der Waals surface area contributed by atoms with Crippen LogP contribution in [-0.2, 0) is 21.8 Å². The number of rotatable bonds is 7. The fourth-order valence-electron chi connectivity index (χ4n) is 3.30. The lowest BCUT2D eigenvalue weighted by Crippen LogP contribution is -2.38. The normalized spacial score (nSPS) is 20.7. The van der Waals surface area contributed by atoms with Gasteiger partial charge in [-0.1, -0.05) is 11.8 Å². The fraction of sp³-hybridized carbons (Fsp3) is 0.688. The molecule has 11 heteroatoms. The van der Waals surface area contributed by atoms with E-state index in [0.717, 1.165) is 43.1 Å². The van der Waals surface area contributed by atoms with Gasteiger partial charge < -0.3 is 14.4 Å². The zero-order valence-electron chi connectivity index (χ0n) is 14.8. The minimum absolute atomic E-state index is 0.128. The molecule has 0 spiro atoms. The molecule has 0 N–H and O–H groups in total. The van der Waals surface area contributed by atoms with Crippen molar-refractivity contribution in [1.82, 2.24) is 24.3 Å². The number of thioether (sulfide) groups is 1. The predicted molar refractivity (Wildman–Crippen MR) is 95.1 cm³/mol. The van der Waals surface area contributed by atoms with Crippen LogP contribution >= 0.6 is 11.8 Å². The first kappa shape index (κ1) is 18.6. The molecular weight excluding hydrogens is 378 g/mol. The van der Waals surface area contributed by atoms with Crippen molar-refractivity contribution in [2.45, 2.75) is 42.9 Å². The van der Waals surface area contributed by atoms with Crippen LogP contribution in [0.1, 0.15) is 25.2 Å². The standard InChI is InChI=1S/C16H22F2N6O2S/c17-14(18)23-4-3-19-13(23)11-27-16-21-20-15(22-5-8-25-9-6-22)24(16)10-12-2-1-7-26-12/h3-4,12,14H,1-2,5-11H2. The van der Waals surface area contributed by atoms with Gasteiger partial charge >= 0.3 is 6.55 Å². The molecule has 2 aromatic heterocycles. The number of hydrogen-bond donors (Lipinski definition) is 0. The number of aromatic nitrogens is 5. The Morgan fingerprint density at radius 3 is 2.81 bits per heavy atom. The van der Waals surface area contributed by atoms with Crippen molar-refractivity contribution >= 4 is 17.7 Å². The van der Waals surface area contributed by atoms with Crippen molar-refractivity contribution < 1.29 is 18.3 Å². The van der Waals surface area contributed by atoms with Gasteiger partial charge in [-0.05, 0) is 12.8 Å². The van der Waals surface area contributed by atoms with Gasteiger partial charge in [0.05, 0.1) is 31.6 Å². The van der Waals surface area contributed by atoms with Crippen LogP contribution < -0.4 is 4.90 Å². The number of anilines is 1. The van der Waals surface area contributed by atoms with E-state index in [2.05, 4.69) is 20.1 Å². The molecule has 0 bridgehead atoms. The van der Waals surface area contributed by atoms with Crippen molar-refractivity contribution in [3.05, 3.63) is 18.2 Å². The van der Waals surface area contributed by atoms with Gasteiger partial charge in [0.2, 0.25) is 5.95 Å². The van der Waals surface area contributed by atoms with E-state index in [0.29, 0.717) is 36.5 Å². The number of hydrogen-bond acceptors (Lipinski definition) is 7. The highest BCUT2D eigenvalue weighted by atomic mass is 32.2. The Kier molecular flexibility index (Phi) is 5.89. The Morgan fingerprint density at radius 2 is 2.07 bits per heavy atom. The molecule has 0 amide bonds. The summed E-state index contributed by atoms with van der Waals surface area (Å²) >= 11 is 1.36. The third-order valence-electron chi connectivity index (χ3n) is 4.69. The molecule has 2 saturated heterocycles. The van der Waals surface area contributed by atoms with E-state index in [4.69, 9.17) is 9.47 Å². The minimum Gasteiger partial charge on any atom is -0.378 e. The minimum atomic E-state index is -2.60. The van der Waals surface area contributed by atoms with Gasteiger partial charge in [0.25, 0.3) is 0 Å². The first-order valence-electron chi connectivity index (χ1n) is 9.02. The Balaban J connectivity index is 1.53. The van der Waals surface area contributed by atoms with E-state index in [1.54, 1.807) is 0 Å². The Morgan fingerprint density at radius 1 is 1.22 bits per heavy atom. The maximum Gasteiger partial charge on any atom is 0.319 e. The van der Waals surface area contributed by atoms with Crippen LogP contribution in [0, 0.1) is 0 Å². The van der Waals surface area contributed by atoms with Gasteiger partial charge in [-0.15, -0.1) is 10.2 Å². The second-order valence-electron chi connectivity index (χ2n) is 6.44. The maximum absolute atomic E-state index is 13.0. The highest BCUT2D eigenvalue weighted by molar-refractivity contribution is 7.98. The summed E-state index contributed by atoms with van der Waals surface area (Å²) in [5.41, 5.74) is 0. The average Bonchev–Trinajstić information content (AvgIpc) is 3.42. The lowest BCUT2D eigenvalue weighted by atomic mass is 10.2. The first-order valence-corrected chi connectivity index (χ1v) is 10.0. The third kappa shape index (κ3) is 4.25. The molecule has 2 aromatic rings. The largest absolute Gasteiger partial charge is 0.378 e. The Labute approximate surface area is 159 Å². The molecule has 148 valence electrons. The van der Waals surface area contributed by atoms with Gasteiger partial charge in [-0.3, -0.25) is 9.13 Å². The average molecular weight is 400 g/mol. The first-order chi connectivity index (χ1) is 13.2. The Hall–Kier alpha value is -1.72. The van der Waals surface area contributed by atoms with E-state index < -0.39 is 6.55 Å². The molecule has 0 radical (unpaired) electrons. The van der Waals surface area contributed by atoms with E-state index in [1.807, 2.05) is 4.57 Å². The van der Waals surface area contributed by atoms with Crippen LogP contribution in [0.2, 0.25) is 0 Å². The number of imidazole rings is 1. The molecule has 4 heterocycles. The smallest absolute Gasteiger partial charge is 0.319 e. The van der Waals surface area contributed by atoms with Crippen LogP contribution in [-0.4, -0.2) is 63.3 Å². The number of halogens is 2. The van der Waals surface area contributed by atoms with Gasteiger partial charge in [0, 0.05) is 32.1 Å². The van der Waals surface area contributed by atoms with Crippen LogP contribution in [0.5, 0.6) is 0 Å². The molecule has 8 nitrogen and oxygen atoms in total. The number of alkyl halides is 2. The summed E-state index contributed by atoms with van der Waals surface area (Å²) in [5.74, 6) is 1.40. The summed E-state index contributed by atoms with van der Waals surface area (Å²) in [6.07, 6.45) is 4.85. The van der Waals surface area contributed by atoms with Crippen molar-refractivity contribution in [3.63, 3.8) is 0 Å². The van der Waals surface area contributed by atoms with Crippen LogP contribution in [0.25, 0.3) is 0 Å². The molecule has 27 heavy (non-hydrogen) atoms. The van der Waals surface area contributed by atoms with Gasteiger partial charge in [-0.25, -0.2) is 4.98 Å². The lowest BCUT2D eigenvalue weighted by molar-refractivity contribution is 0.0678. The molecule has 2 fully saturated rings. The molecule has 2 aliphatic rings. The predicted octanol–water partition coefficient (Wildman–Crippen LogP) is 2.18. The molecule has 1 atom stereocenters. The monoisotopic (exact) mass is 400 g/mol. The summed E-state index contributed by atoms with van der Waals surface area (Å²) < 4.78 is 40.2. The molecule has 1 unspecified atom stereocenters. The van der Waals surface area contributed by atoms with Crippen LogP contribution in [0.4, 0.5) is 14.7 Å². The molecule has 0 aromatic carbocycles. The second-order valence-corrected chi connectivity index (χ2v) is 7.39. The topological polar surface area (TPSA) is 70.2 Å². The summed E-state index contributed by atoms with van der Waals surface area (Å²) in [6.45, 7) is 1.65. The fourth-order valence-corrected chi connectivity index (χ4v) is 4.19. The van der Waals surface area contributed by atoms with Crippen molar-refractivity contribution in [1.29, 1.82) is 0 Å². The molecule has 4 rings (SSSR count). The number of ether oxygens (including phenoxy) is 2. The van der Waals surface area contributed by atoms with Crippen molar-refractivity contribution in [2.24, 2.45) is 0 Å². The molecule has 0 aliphatic carbocycles. The highest BCUT2D eigenvalue weighted by Crippen LogP contribution is 2.28. The summed E-state index contributed by atoms with van der Waals surface area (Å²) in [6, 6.07) is 0. The van der Waals surface area contributed by atoms with Crippen molar-refractivity contribution in [3.8, 4) is 0 Å². The molecule has 2 aliphatic heterocycles. The van der Waals surface area contributed by atoms with Gasteiger partial charge in [0.15, 0.2) is 5.16 Å². The van der Waals surface area contributed by atoms with E-state index in [-0.39, 0.29) is 6.10 Å². The van der Waals surface area contributed by atoms with Crippen LogP contribution in [0.3, 0.4) is 0 Å². The van der Waals surface area contributed by atoms with Gasteiger partial charge in [-0.2, -0.15) is 8.78 Å². The maximum atomic E-state index is 13.0. The molecule has 0 saturated carbocycles. The van der Waals surface area contributed by atoms with Crippen molar-refractivity contribution in [2.75, 3.05) is 37.8 Å². The second kappa shape index (κ2) is 8.53. The lowest BCUT2D eigenvalue weighted by Gasteiger charge is -2.28. The van der Waals surface area contributed by atoms with E-state index in [1.165, 1.54) is 24.2 Å². The number of nitrogens with zero attached hydrogens (tertiary/aromatic N) is 6. The highest BCUT2D eigenvalue weighted by Gasteiger charge is 2.25. The SMILES string of the molecule is FC(F)n1ccnc1CSc1nnc(N2CCOCC2)n1CC1CCCO1. The quantitative estimate of drug-likeness (QED) is 0.660. The van der Waals surface area contributed by atoms with Crippen LogP contribution in [0.15, 0.2) is 17.6 Å².